The van der Waals surface area contributed by atoms with E-state index in [1.807, 2.05) is 10.6 Å². The number of hydrazone groups is 1. The minimum Gasteiger partial charge on any atom is -0.368 e. The van der Waals surface area contributed by atoms with Gasteiger partial charge in [-0.15, -0.1) is 0 Å². The topological polar surface area (TPSA) is 146 Å². The summed E-state index contributed by atoms with van der Waals surface area (Å²) in [5, 5.41) is 16.1. The Hall–Kier alpha value is -2.16. The van der Waals surface area contributed by atoms with Crippen molar-refractivity contribution in [3.63, 3.8) is 0 Å². The fraction of sp³-hybridized carbons (Fsp3) is 0.200. The number of imide groups is 1. The van der Waals surface area contributed by atoms with Gasteiger partial charge in [-0.1, -0.05) is 0 Å². The summed E-state index contributed by atoms with van der Waals surface area (Å²) in [5.41, 5.74) is 5.96. The third-order valence-corrected chi connectivity index (χ3v) is 1.27. The molecule has 0 aliphatic carbocycles. The average molecular weight is 201 g/mol. The Kier molecular flexibility index (Phi) is 2.62. The van der Waals surface area contributed by atoms with Crippen molar-refractivity contribution in [2.75, 3.05) is 0 Å². The van der Waals surface area contributed by atoms with Gasteiger partial charge in [-0.25, -0.2) is 15.0 Å². The highest BCUT2D eigenvalue weighted by molar-refractivity contribution is 6.44. The van der Waals surface area contributed by atoms with Crippen molar-refractivity contribution in [1.29, 1.82) is 0 Å². The molecule has 0 radical (unpaired) electrons. The fourth-order valence-electron chi connectivity index (χ4n) is 0.747. The predicted octanol–water partition coefficient (Wildman–Crippen LogP) is -2.83. The molecule has 1 rings (SSSR count). The van der Waals surface area contributed by atoms with E-state index in [9.17, 15) is 14.4 Å². The number of hydrogen-bond acceptors (Lipinski definition) is 5. The van der Waals surface area contributed by atoms with Crippen molar-refractivity contribution < 1.29 is 19.5 Å². The van der Waals surface area contributed by atoms with Gasteiger partial charge in [-0.2, -0.15) is 5.10 Å². The zero-order valence-corrected chi connectivity index (χ0v) is 6.77. The molecule has 1 fully saturated rings. The number of nitrogens with zero attached hydrogens (tertiary/aromatic N) is 1. The maximum Gasteiger partial charge on any atom is 0.332 e. The smallest absolute Gasteiger partial charge is 0.332 e. The summed E-state index contributed by atoms with van der Waals surface area (Å²) in [6.45, 7) is 0. The molecule has 0 spiro atoms. The standard InChI is InChI=1S/C5H7N5O4/c6-4(13)10-9-1-2(11)7-5(14)8-3(1)12/h2,11H,(H3,6,10,13)(H2,7,8,12,14)/b9-1+. The maximum absolute atomic E-state index is 11.0. The van der Waals surface area contributed by atoms with Crippen molar-refractivity contribution in [2.24, 2.45) is 10.8 Å². The lowest BCUT2D eigenvalue weighted by atomic mass is 10.3. The van der Waals surface area contributed by atoms with E-state index < -0.39 is 29.9 Å². The molecule has 1 heterocycles. The van der Waals surface area contributed by atoms with Crippen molar-refractivity contribution >= 4 is 23.7 Å². The predicted molar refractivity (Wildman–Crippen MR) is 42.8 cm³/mol. The van der Waals surface area contributed by atoms with Crippen LogP contribution in [0.2, 0.25) is 0 Å². The van der Waals surface area contributed by atoms with Crippen LogP contribution in [-0.4, -0.2) is 35.0 Å². The monoisotopic (exact) mass is 201 g/mol. The number of nitrogens with two attached hydrogens (primary N) is 1. The molecule has 0 aromatic carbocycles. The molecule has 1 saturated heterocycles. The minimum absolute atomic E-state index is 0.455. The van der Waals surface area contributed by atoms with Crippen molar-refractivity contribution in [3.05, 3.63) is 0 Å². The van der Waals surface area contributed by atoms with Crippen LogP contribution in [0.4, 0.5) is 9.59 Å². The lowest BCUT2D eigenvalue weighted by Gasteiger charge is -2.19. The van der Waals surface area contributed by atoms with Crippen molar-refractivity contribution in [1.82, 2.24) is 16.1 Å². The molecule has 0 aromatic heterocycles. The van der Waals surface area contributed by atoms with Gasteiger partial charge in [0.2, 0.25) is 0 Å². The first kappa shape index (κ1) is 9.92. The van der Waals surface area contributed by atoms with Crippen molar-refractivity contribution in [3.8, 4) is 0 Å². The quantitative estimate of drug-likeness (QED) is 0.291. The Morgan fingerprint density at radius 1 is 1.57 bits per heavy atom. The Labute approximate surface area is 77.3 Å². The number of carbonyl (C=O) groups excluding carboxylic acids is 3. The summed E-state index contributed by atoms with van der Waals surface area (Å²) in [6.07, 6.45) is -1.57. The molecule has 14 heavy (non-hydrogen) atoms. The van der Waals surface area contributed by atoms with Crippen LogP contribution in [0.5, 0.6) is 0 Å². The molecular formula is C5H7N5O4. The number of amides is 5. The van der Waals surface area contributed by atoms with Gasteiger partial charge in [-0.3, -0.25) is 10.1 Å². The first-order valence-corrected chi connectivity index (χ1v) is 3.43. The van der Waals surface area contributed by atoms with Crippen LogP contribution < -0.4 is 21.8 Å². The molecule has 6 N–H and O–H groups in total. The highest BCUT2D eigenvalue weighted by Gasteiger charge is 2.29. The highest BCUT2D eigenvalue weighted by atomic mass is 16.3. The van der Waals surface area contributed by atoms with Crippen LogP contribution >= 0.6 is 0 Å². The second-order valence-electron chi connectivity index (χ2n) is 2.30. The number of urea groups is 2. The van der Waals surface area contributed by atoms with Gasteiger partial charge in [0, 0.05) is 0 Å². The third kappa shape index (κ3) is 2.17. The van der Waals surface area contributed by atoms with Crippen LogP contribution in [0.15, 0.2) is 5.10 Å². The van der Waals surface area contributed by atoms with E-state index in [4.69, 9.17) is 5.11 Å². The summed E-state index contributed by atoms with van der Waals surface area (Å²) in [7, 11) is 0. The lowest BCUT2D eigenvalue weighted by molar-refractivity contribution is -0.114. The Morgan fingerprint density at radius 3 is 2.71 bits per heavy atom. The van der Waals surface area contributed by atoms with Gasteiger partial charge in [0.05, 0.1) is 0 Å². The normalized spacial score (nSPS) is 24.1. The van der Waals surface area contributed by atoms with Crippen LogP contribution in [0.25, 0.3) is 0 Å². The molecule has 9 nitrogen and oxygen atoms in total. The maximum atomic E-state index is 11.0. The van der Waals surface area contributed by atoms with Crippen LogP contribution in [-0.2, 0) is 4.79 Å². The molecule has 1 aliphatic heterocycles. The van der Waals surface area contributed by atoms with Crippen LogP contribution in [0, 0.1) is 0 Å². The number of nitrogens with one attached hydrogen (secondary N) is 3. The number of hydrogen-bond donors (Lipinski definition) is 5. The second kappa shape index (κ2) is 3.70. The van der Waals surface area contributed by atoms with Gasteiger partial charge >= 0.3 is 12.1 Å². The largest absolute Gasteiger partial charge is 0.368 e. The van der Waals surface area contributed by atoms with Crippen LogP contribution in [0.1, 0.15) is 0 Å². The zero-order valence-electron chi connectivity index (χ0n) is 6.77. The molecule has 1 unspecified atom stereocenters. The lowest BCUT2D eigenvalue weighted by Crippen LogP contribution is -2.59. The molecule has 1 atom stereocenters. The molecule has 0 saturated carbocycles. The fourth-order valence-corrected chi connectivity index (χ4v) is 0.747. The third-order valence-electron chi connectivity index (χ3n) is 1.27. The van der Waals surface area contributed by atoms with Gasteiger partial charge in [0.1, 0.15) is 0 Å². The second-order valence-corrected chi connectivity index (χ2v) is 2.30. The first-order valence-electron chi connectivity index (χ1n) is 3.43. The van der Waals surface area contributed by atoms with Crippen molar-refractivity contribution in [2.45, 2.75) is 6.23 Å². The van der Waals surface area contributed by atoms with E-state index in [0.29, 0.717) is 0 Å². The molecule has 9 heteroatoms. The van der Waals surface area contributed by atoms with E-state index in [0.717, 1.165) is 0 Å². The van der Waals surface area contributed by atoms with Gasteiger partial charge < -0.3 is 16.2 Å². The number of aliphatic hydroxyl groups excluding tert-OH is 1. The summed E-state index contributed by atoms with van der Waals surface area (Å²) in [6, 6.07) is -1.84. The SMILES string of the molecule is NC(=O)N/N=C1/C(=O)NC(=O)NC1O. The number of carbonyl (C=O) groups is 3. The van der Waals surface area contributed by atoms with E-state index in [1.54, 1.807) is 5.43 Å². The van der Waals surface area contributed by atoms with Gasteiger partial charge in [-0.05, 0) is 0 Å². The molecular weight excluding hydrogens is 194 g/mol. The van der Waals surface area contributed by atoms with Gasteiger partial charge in [0.15, 0.2) is 11.9 Å². The highest BCUT2D eigenvalue weighted by Crippen LogP contribution is 1.91. The molecule has 5 amide bonds. The summed E-state index contributed by atoms with van der Waals surface area (Å²) in [4.78, 5) is 31.8. The number of rotatable bonds is 1. The number of aliphatic hydroxyl groups is 1. The van der Waals surface area contributed by atoms with Gasteiger partial charge in [0.25, 0.3) is 5.91 Å². The summed E-state index contributed by atoms with van der Waals surface area (Å²) >= 11 is 0. The van der Waals surface area contributed by atoms with E-state index >= 15 is 0 Å². The average Bonchev–Trinajstić information content (AvgIpc) is 2.01. The Balaban J connectivity index is 2.76. The summed E-state index contributed by atoms with van der Waals surface area (Å²) in [5.74, 6) is -0.907. The molecule has 0 aromatic rings. The molecule has 1 aliphatic rings. The van der Waals surface area contributed by atoms with E-state index in [-0.39, 0.29) is 0 Å². The molecule has 0 bridgehead atoms. The zero-order chi connectivity index (χ0) is 10.7. The Bertz CT molecular complexity index is 324. The van der Waals surface area contributed by atoms with E-state index in [2.05, 4.69) is 10.8 Å². The Morgan fingerprint density at radius 2 is 2.21 bits per heavy atom. The first-order chi connectivity index (χ1) is 6.50. The molecule has 76 valence electrons. The number of primary amides is 1. The minimum atomic E-state index is -1.57. The summed E-state index contributed by atoms with van der Waals surface area (Å²) < 4.78 is 0. The van der Waals surface area contributed by atoms with E-state index in [1.165, 1.54) is 0 Å². The van der Waals surface area contributed by atoms with Crippen LogP contribution in [0.3, 0.4) is 0 Å².